The van der Waals surface area contributed by atoms with Crippen LogP contribution in [0.25, 0.3) is 0 Å². The molecule has 0 fully saturated rings. The highest BCUT2D eigenvalue weighted by Gasteiger charge is 2.10. The average molecular weight is 344 g/mol. The van der Waals surface area contributed by atoms with Gasteiger partial charge in [-0.3, -0.25) is 4.79 Å². The van der Waals surface area contributed by atoms with Crippen molar-refractivity contribution in [1.82, 2.24) is 20.0 Å². The Balaban J connectivity index is 1.85. The number of rotatable bonds is 9. The van der Waals surface area contributed by atoms with Gasteiger partial charge in [0.1, 0.15) is 11.4 Å². The Kier molecular flexibility index (Phi) is 7.01. The first-order chi connectivity index (χ1) is 12.0. The summed E-state index contributed by atoms with van der Waals surface area (Å²) in [6, 6.07) is 7.79. The maximum atomic E-state index is 12.1. The van der Waals surface area contributed by atoms with E-state index in [9.17, 15) is 4.79 Å². The van der Waals surface area contributed by atoms with Crippen LogP contribution in [-0.4, -0.2) is 46.8 Å². The minimum atomic E-state index is -0.155. The van der Waals surface area contributed by atoms with E-state index in [1.807, 2.05) is 26.0 Å². The maximum Gasteiger partial charge on any atom is 0.271 e. The van der Waals surface area contributed by atoms with Gasteiger partial charge in [-0.05, 0) is 50.2 Å². The fourth-order valence-corrected chi connectivity index (χ4v) is 2.51. The lowest BCUT2D eigenvalue weighted by Crippen LogP contribution is -2.35. The third-order valence-electron chi connectivity index (χ3n) is 4.18. The Morgan fingerprint density at radius 1 is 1.24 bits per heavy atom. The Bertz CT molecular complexity index is 692. The summed E-state index contributed by atoms with van der Waals surface area (Å²) in [5.74, 6) is 0.679. The molecule has 1 amide bonds. The molecular formula is C19H28N4O2. The molecule has 1 heterocycles. The van der Waals surface area contributed by atoms with E-state index in [0.29, 0.717) is 12.2 Å². The van der Waals surface area contributed by atoms with Crippen molar-refractivity contribution in [2.45, 2.75) is 34.4 Å². The first kappa shape index (κ1) is 19.0. The first-order valence-corrected chi connectivity index (χ1v) is 8.77. The van der Waals surface area contributed by atoms with Crippen LogP contribution in [-0.2, 0) is 6.73 Å². The number of hydrogen-bond acceptors (Lipinski definition) is 4. The summed E-state index contributed by atoms with van der Waals surface area (Å²) in [6.07, 6.45) is 1.75. The van der Waals surface area contributed by atoms with Crippen molar-refractivity contribution in [1.29, 1.82) is 0 Å². The molecule has 6 nitrogen and oxygen atoms in total. The normalized spacial score (nSPS) is 10.9. The largest absolute Gasteiger partial charge is 0.471 e. The third kappa shape index (κ3) is 5.60. The summed E-state index contributed by atoms with van der Waals surface area (Å²) in [5.41, 5.74) is 2.63. The number of aryl methyl sites for hydroxylation is 2. The molecule has 2 aromatic rings. The molecule has 25 heavy (non-hydrogen) atoms. The second-order valence-corrected chi connectivity index (χ2v) is 6.07. The minimum Gasteiger partial charge on any atom is -0.471 e. The zero-order valence-corrected chi connectivity index (χ0v) is 15.6. The van der Waals surface area contributed by atoms with E-state index in [1.54, 1.807) is 16.9 Å². The van der Waals surface area contributed by atoms with Crippen molar-refractivity contribution in [3.63, 3.8) is 0 Å². The van der Waals surface area contributed by atoms with Crippen LogP contribution in [0.5, 0.6) is 5.75 Å². The summed E-state index contributed by atoms with van der Waals surface area (Å²) >= 11 is 0. The molecule has 0 aliphatic rings. The maximum absolute atomic E-state index is 12.1. The van der Waals surface area contributed by atoms with Crippen LogP contribution in [0, 0.1) is 13.8 Å². The number of aromatic nitrogens is 2. The second kappa shape index (κ2) is 9.22. The topological polar surface area (TPSA) is 59.4 Å². The number of nitrogens with one attached hydrogen (secondary N) is 1. The predicted octanol–water partition coefficient (Wildman–Crippen LogP) is 2.61. The van der Waals surface area contributed by atoms with E-state index in [4.69, 9.17) is 4.74 Å². The molecule has 0 bridgehead atoms. The van der Waals surface area contributed by atoms with Gasteiger partial charge < -0.3 is 15.0 Å². The molecule has 0 saturated heterocycles. The molecule has 1 N–H and O–H groups in total. The molecule has 1 aromatic heterocycles. The highest BCUT2D eigenvalue weighted by Crippen LogP contribution is 2.19. The van der Waals surface area contributed by atoms with Crippen molar-refractivity contribution >= 4 is 5.91 Å². The van der Waals surface area contributed by atoms with E-state index in [-0.39, 0.29) is 12.6 Å². The third-order valence-corrected chi connectivity index (χ3v) is 4.18. The fourth-order valence-electron chi connectivity index (χ4n) is 2.51. The molecule has 0 atom stereocenters. The number of nitrogens with zero attached hydrogens (tertiary/aromatic N) is 3. The zero-order valence-electron chi connectivity index (χ0n) is 15.6. The Labute approximate surface area is 149 Å². The number of benzene rings is 1. The molecule has 0 unspecified atom stereocenters. The summed E-state index contributed by atoms with van der Waals surface area (Å²) in [6.45, 7) is 12.0. The van der Waals surface area contributed by atoms with Crippen LogP contribution < -0.4 is 10.1 Å². The number of carbonyl (C=O) groups excluding carboxylic acids is 1. The summed E-state index contributed by atoms with van der Waals surface area (Å²) in [5, 5.41) is 7.19. The lowest BCUT2D eigenvalue weighted by Gasteiger charge is -2.17. The highest BCUT2D eigenvalue weighted by molar-refractivity contribution is 5.92. The van der Waals surface area contributed by atoms with Gasteiger partial charge in [0.15, 0.2) is 6.73 Å². The monoisotopic (exact) mass is 344 g/mol. The minimum absolute atomic E-state index is 0.155. The van der Waals surface area contributed by atoms with Crippen molar-refractivity contribution in [3.8, 4) is 5.75 Å². The van der Waals surface area contributed by atoms with E-state index in [0.717, 1.165) is 36.5 Å². The zero-order chi connectivity index (χ0) is 18.2. The van der Waals surface area contributed by atoms with Crippen LogP contribution in [0.3, 0.4) is 0 Å². The molecular weight excluding hydrogens is 316 g/mol. The summed E-state index contributed by atoms with van der Waals surface area (Å²) in [4.78, 5) is 14.4. The number of carbonyl (C=O) groups is 1. The van der Waals surface area contributed by atoms with Gasteiger partial charge in [0, 0.05) is 19.3 Å². The number of amides is 1. The standard InChI is InChI=1S/C19H28N4O2/c1-5-22(6-2)12-10-20-19(24)17-9-11-23(21-17)14-25-18-13-15(3)7-8-16(18)4/h7-9,11,13H,5-6,10,12,14H2,1-4H3,(H,20,24). The predicted molar refractivity (Wildman–Crippen MR) is 98.9 cm³/mol. The van der Waals surface area contributed by atoms with Crippen LogP contribution >= 0.6 is 0 Å². The summed E-state index contributed by atoms with van der Waals surface area (Å²) in [7, 11) is 0. The summed E-state index contributed by atoms with van der Waals surface area (Å²) < 4.78 is 7.43. The number of hydrogen-bond donors (Lipinski definition) is 1. The van der Waals surface area contributed by atoms with Gasteiger partial charge in [-0.25, -0.2) is 4.68 Å². The highest BCUT2D eigenvalue weighted by atomic mass is 16.5. The lowest BCUT2D eigenvalue weighted by atomic mass is 10.1. The molecule has 0 saturated carbocycles. The Morgan fingerprint density at radius 3 is 2.72 bits per heavy atom. The first-order valence-electron chi connectivity index (χ1n) is 8.77. The van der Waals surface area contributed by atoms with Crippen LogP contribution in [0.2, 0.25) is 0 Å². The van der Waals surface area contributed by atoms with Crippen molar-refractivity contribution in [2.75, 3.05) is 26.2 Å². The Morgan fingerprint density at radius 2 is 2.00 bits per heavy atom. The van der Waals surface area contributed by atoms with Crippen LogP contribution in [0.15, 0.2) is 30.5 Å². The van der Waals surface area contributed by atoms with E-state index < -0.39 is 0 Å². The smallest absolute Gasteiger partial charge is 0.271 e. The quantitative estimate of drug-likeness (QED) is 0.760. The van der Waals surface area contributed by atoms with Gasteiger partial charge in [0.25, 0.3) is 5.91 Å². The van der Waals surface area contributed by atoms with Crippen molar-refractivity contribution in [2.24, 2.45) is 0 Å². The molecule has 136 valence electrons. The van der Waals surface area contributed by atoms with Crippen molar-refractivity contribution in [3.05, 3.63) is 47.3 Å². The molecule has 6 heteroatoms. The second-order valence-electron chi connectivity index (χ2n) is 6.07. The molecule has 0 spiro atoms. The van der Waals surface area contributed by atoms with E-state index >= 15 is 0 Å². The van der Waals surface area contributed by atoms with Crippen molar-refractivity contribution < 1.29 is 9.53 Å². The van der Waals surface area contributed by atoms with Gasteiger partial charge in [0.2, 0.25) is 0 Å². The number of likely N-dealkylation sites (N-methyl/N-ethyl adjacent to an activating group) is 1. The number of ether oxygens (including phenoxy) is 1. The van der Waals surface area contributed by atoms with E-state index in [2.05, 4.69) is 35.2 Å². The molecule has 0 aliphatic carbocycles. The van der Waals surface area contributed by atoms with Gasteiger partial charge in [-0.1, -0.05) is 26.0 Å². The molecule has 2 rings (SSSR count). The van der Waals surface area contributed by atoms with Crippen LogP contribution in [0.1, 0.15) is 35.5 Å². The molecule has 0 aliphatic heterocycles. The fraction of sp³-hybridized carbons (Fsp3) is 0.474. The average Bonchev–Trinajstić information content (AvgIpc) is 3.08. The van der Waals surface area contributed by atoms with Gasteiger partial charge in [-0.2, -0.15) is 5.10 Å². The van der Waals surface area contributed by atoms with Gasteiger partial charge in [0.05, 0.1) is 0 Å². The molecule has 1 aromatic carbocycles. The lowest BCUT2D eigenvalue weighted by molar-refractivity contribution is 0.0942. The Hall–Kier alpha value is -2.34. The van der Waals surface area contributed by atoms with Crippen LogP contribution in [0.4, 0.5) is 0 Å². The van der Waals surface area contributed by atoms with Gasteiger partial charge in [-0.15, -0.1) is 0 Å². The van der Waals surface area contributed by atoms with E-state index in [1.165, 1.54) is 0 Å². The molecule has 0 radical (unpaired) electrons. The van der Waals surface area contributed by atoms with Gasteiger partial charge >= 0.3 is 0 Å². The SMILES string of the molecule is CCN(CC)CCNC(=O)c1ccn(COc2cc(C)ccc2C)n1.